The first-order valence-corrected chi connectivity index (χ1v) is 10.9. The van der Waals surface area contributed by atoms with Crippen LogP contribution in [0.4, 0.5) is 17.1 Å². The predicted molar refractivity (Wildman–Crippen MR) is 120 cm³/mol. The number of nitrogens with zero attached hydrogens (tertiary/aromatic N) is 2. The molecule has 1 N–H and O–H groups in total. The summed E-state index contributed by atoms with van der Waals surface area (Å²) in [4.78, 5) is 23.2. The molecule has 0 fully saturated rings. The maximum absolute atomic E-state index is 13.4. The molecule has 3 aromatic rings. The van der Waals surface area contributed by atoms with Crippen LogP contribution >= 0.6 is 0 Å². The molecule has 0 aliphatic rings. The molecule has 32 heavy (non-hydrogen) atoms. The minimum atomic E-state index is -4.13. The van der Waals surface area contributed by atoms with Gasteiger partial charge in [-0.3, -0.25) is 19.2 Å². The standard InChI is InChI=1S/C22H21N3O6S/c1-16-10-12-19(13-11-16)32(29,30)24(20-8-3-4-9-21(20)31-2)15-22(26)23-17-6-5-7-18(14-17)25(27)28/h3-14H,15H2,1-2H3,(H,23,26). The molecule has 0 aromatic heterocycles. The van der Waals surface area contributed by atoms with E-state index in [9.17, 15) is 23.3 Å². The number of carbonyl (C=O) groups is 1. The minimum Gasteiger partial charge on any atom is -0.495 e. The SMILES string of the molecule is COc1ccccc1N(CC(=O)Nc1cccc([N+](=O)[O-])c1)S(=O)(=O)c1ccc(C)cc1. The molecule has 1 amide bonds. The lowest BCUT2D eigenvalue weighted by Gasteiger charge is -2.25. The largest absolute Gasteiger partial charge is 0.495 e. The molecule has 10 heteroatoms. The minimum absolute atomic E-state index is 0.0113. The van der Waals surface area contributed by atoms with Gasteiger partial charge < -0.3 is 10.1 Å². The summed E-state index contributed by atoms with van der Waals surface area (Å²) in [6, 6.07) is 18.1. The van der Waals surface area contributed by atoms with Crippen LogP contribution in [0.5, 0.6) is 5.75 Å². The highest BCUT2D eigenvalue weighted by Gasteiger charge is 2.29. The lowest BCUT2D eigenvalue weighted by atomic mass is 10.2. The van der Waals surface area contributed by atoms with Crippen LogP contribution in [-0.2, 0) is 14.8 Å². The maximum Gasteiger partial charge on any atom is 0.271 e. The summed E-state index contributed by atoms with van der Waals surface area (Å²) < 4.78 is 33.1. The van der Waals surface area contributed by atoms with Crippen LogP contribution in [0.15, 0.2) is 77.7 Å². The van der Waals surface area contributed by atoms with E-state index in [2.05, 4.69) is 5.32 Å². The van der Waals surface area contributed by atoms with E-state index in [0.29, 0.717) is 0 Å². The molecule has 0 spiro atoms. The van der Waals surface area contributed by atoms with Crippen molar-refractivity contribution < 1.29 is 22.9 Å². The average Bonchev–Trinajstić information content (AvgIpc) is 2.78. The number of rotatable bonds is 8. The first-order valence-electron chi connectivity index (χ1n) is 9.49. The third-order valence-corrected chi connectivity index (χ3v) is 6.36. The molecule has 0 saturated carbocycles. The molecule has 0 aliphatic carbocycles. The third-order valence-electron chi connectivity index (χ3n) is 4.59. The molecule has 0 unspecified atom stereocenters. The summed E-state index contributed by atoms with van der Waals surface area (Å²) in [6.07, 6.45) is 0. The Labute approximate surface area is 185 Å². The van der Waals surface area contributed by atoms with E-state index in [0.717, 1.165) is 9.87 Å². The van der Waals surface area contributed by atoms with Gasteiger partial charge in [-0.2, -0.15) is 0 Å². The average molecular weight is 455 g/mol. The van der Waals surface area contributed by atoms with Crippen LogP contribution in [0.2, 0.25) is 0 Å². The number of sulfonamides is 1. The number of para-hydroxylation sites is 2. The number of benzene rings is 3. The van der Waals surface area contributed by atoms with Gasteiger partial charge in [-0.05, 0) is 37.3 Å². The third kappa shape index (κ3) is 5.03. The smallest absolute Gasteiger partial charge is 0.271 e. The molecule has 3 aromatic carbocycles. The lowest BCUT2D eigenvalue weighted by molar-refractivity contribution is -0.384. The van der Waals surface area contributed by atoms with E-state index in [4.69, 9.17) is 4.74 Å². The second kappa shape index (κ2) is 9.48. The summed E-state index contributed by atoms with van der Waals surface area (Å²) in [5.41, 5.74) is 1.05. The second-order valence-corrected chi connectivity index (χ2v) is 8.71. The van der Waals surface area contributed by atoms with Crippen molar-refractivity contribution in [3.63, 3.8) is 0 Å². The van der Waals surface area contributed by atoms with Crippen molar-refractivity contribution in [2.45, 2.75) is 11.8 Å². The van der Waals surface area contributed by atoms with Crippen molar-refractivity contribution in [1.82, 2.24) is 0 Å². The fourth-order valence-electron chi connectivity index (χ4n) is 3.00. The number of methoxy groups -OCH3 is 1. The monoisotopic (exact) mass is 455 g/mol. The van der Waals surface area contributed by atoms with Gasteiger partial charge >= 0.3 is 0 Å². The Morgan fingerprint density at radius 3 is 2.41 bits per heavy atom. The molecule has 0 radical (unpaired) electrons. The molecule has 0 bridgehead atoms. The Kier molecular flexibility index (Phi) is 6.74. The van der Waals surface area contributed by atoms with Gasteiger partial charge in [0, 0.05) is 17.8 Å². The van der Waals surface area contributed by atoms with E-state index < -0.39 is 27.4 Å². The Bertz CT molecular complexity index is 1240. The number of nitrogens with one attached hydrogen (secondary N) is 1. The molecule has 0 atom stereocenters. The van der Waals surface area contributed by atoms with Crippen LogP contribution < -0.4 is 14.4 Å². The zero-order chi connectivity index (χ0) is 23.3. The van der Waals surface area contributed by atoms with Crippen LogP contribution in [0.3, 0.4) is 0 Å². The summed E-state index contributed by atoms with van der Waals surface area (Å²) in [6.45, 7) is 1.26. The number of hydrogen-bond acceptors (Lipinski definition) is 6. The molecule has 3 rings (SSSR count). The van der Waals surface area contributed by atoms with Crippen molar-refractivity contribution in [1.29, 1.82) is 0 Å². The highest BCUT2D eigenvalue weighted by molar-refractivity contribution is 7.92. The van der Waals surface area contributed by atoms with Crippen molar-refractivity contribution in [2.75, 3.05) is 23.3 Å². The summed E-state index contributed by atoms with van der Waals surface area (Å²) >= 11 is 0. The van der Waals surface area contributed by atoms with Gasteiger partial charge in [0.15, 0.2) is 0 Å². The van der Waals surface area contributed by atoms with Gasteiger partial charge in [0.05, 0.1) is 22.6 Å². The maximum atomic E-state index is 13.4. The Morgan fingerprint density at radius 1 is 1.06 bits per heavy atom. The number of hydrogen-bond donors (Lipinski definition) is 1. The van der Waals surface area contributed by atoms with E-state index in [1.165, 1.54) is 49.6 Å². The Balaban J connectivity index is 1.98. The van der Waals surface area contributed by atoms with Gasteiger partial charge in [0.25, 0.3) is 15.7 Å². The summed E-state index contributed by atoms with van der Waals surface area (Å²) in [5, 5.41) is 13.5. The molecule has 0 saturated heterocycles. The lowest BCUT2D eigenvalue weighted by Crippen LogP contribution is -2.38. The van der Waals surface area contributed by atoms with Crippen LogP contribution in [0.25, 0.3) is 0 Å². The van der Waals surface area contributed by atoms with Crippen molar-refractivity contribution >= 4 is 33.0 Å². The normalized spacial score (nSPS) is 10.9. The van der Waals surface area contributed by atoms with Crippen LogP contribution in [0.1, 0.15) is 5.56 Å². The van der Waals surface area contributed by atoms with Gasteiger partial charge in [-0.15, -0.1) is 0 Å². The Hall–Kier alpha value is -3.92. The van der Waals surface area contributed by atoms with Gasteiger partial charge in [0.2, 0.25) is 5.91 Å². The topological polar surface area (TPSA) is 119 Å². The van der Waals surface area contributed by atoms with Crippen LogP contribution in [0, 0.1) is 17.0 Å². The molecular weight excluding hydrogens is 434 g/mol. The fraction of sp³-hybridized carbons (Fsp3) is 0.136. The number of nitro benzene ring substituents is 1. The van der Waals surface area contributed by atoms with Crippen LogP contribution in [-0.4, -0.2) is 32.9 Å². The quantitative estimate of drug-likeness (QED) is 0.408. The summed E-state index contributed by atoms with van der Waals surface area (Å²) in [7, 11) is -2.73. The number of anilines is 2. The molecule has 9 nitrogen and oxygen atoms in total. The van der Waals surface area contributed by atoms with Gasteiger partial charge in [-0.25, -0.2) is 8.42 Å². The number of aryl methyl sites for hydroxylation is 1. The molecule has 166 valence electrons. The highest BCUT2D eigenvalue weighted by Crippen LogP contribution is 2.32. The predicted octanol–water partition coefficient (Wildman–Crippen LogP) is 3.75. The van der Waals surface area contributed by atoms with Gasteiger partial charge in [-0.1, -0.05) is 35.9 Å². The zero-order valence-corrected chi connectivity index (χ0v) is 18.2. The van der Waals surface area contributed by atoms with E-state index in [-0.39, 0.29) is 27.7 Å². The fourth-order valence-corrected chi connectivity index (χ4v) is 4.43. The van der Waals surface area contributed by atoms with E-state index >= 15 is 0 Å². The highest BCUT2D eigenvalue weighted by atomic mass is 32.2. The molecular formula is C22H21N3O6S. The molecule has 0 aliphatic heterocycles. The van der Waals surface area contributed by atoms with Crippen molar-refractivity contribution in [2.24, 2.45) is 0 Å². The van der Waals surface area contributed by atoms with Gasteiger partial charge in [0.1, 0.15) is 12.3 Å². The zero-order valence-electron chi connectivity index (χ0n) is 17.4. The Morgan fingerprint density at radius 2 is 1.75 bits per heavy atom. The first-order chi connectivity index (χ1) is 15.2. The van der Waals surface area contributed by atoms with E-state index in [1.54, 1.807) is 30.3 Å². The first kappa shape index (κ1) is 22.8. The van der Waals surface area contributed by atoms with Crippen molar-refractivity contribution in [3.05, 3.63) is 88.5 Å². The second-order valence-electron chi connectivity index (χ2n) is 6.85. The number of non-ortho nitro benzene ring substituents is 1. The number of ether oxygens (including phenoxy) is 1. The number of nitro groups is 1. The number of amides is 1. The number of carbonyl (C=O) groups excluding carboxylic acids is 1. The summed E-state index contributed by atoms with van der Waals surface area (Å²) in [5.74, 6) is -0.404. The van der Waals surface area contributed by atoms with E-state index in [1.807, 2.05) is 6.92 Å². The van der Waals surface area contributed by atoms with Crippen molar-refractivity contribution in [3.8, 4) is 5.75 Å². The molecule has 0 heterocycles.